The van der Waals surface area contributed by atoms with Crippen LogP contribution >= 0.6 is 11.3 Å². The van der Waals surface area contributed by atoms with E-state index in [4.69, 9.17) is 4.74 Å². The zero-order valence-corrected chi connectivity index (χ0v) is 31.0. The predicted molar refractivity (Wildman–Crippen MR) is 237 cm³/mol. The van der Waals surface area contributed by atoms with E-state index >= 15 is 0 Å². The Morgan fingerprint density at radius 1 is 0.464 bits per heavy atom. The number of ether oxygens (including phenoxy) is 1. The molecule has 262 valence electrons. The summed E-state index contributed by atoms with van der Waals surface area (Å²) in [5, 5.41) is 2.51. The lowest BCUT2D eigenvalue weighted by Gasteiger charge is -2.36. The van der Waals surface area contributed by atoms with Crippen LogP contribution in [0.25, 0.3) is 36.9 Å². The molecule has 4 heterocycles. The molecule has 0 radical (unpaired) electrons. The molecule has 0 atom stereocenters. The number of hydrogen-bond acceptors (Lipinski definition) is 4. The molecule has 2 aliphatic rings. The molecule has 10 aromatic rings. The second kappa shape index (κ2) is 12.3. The lowest BCUT2D eigenvalue weighted by molar-refractivity contribution is 0.487. The Hall–Kier alpha value is -7.02. The molecule has 0 N–H and O–H groups in total. The van der Waals surface area contributed by atoms with Crippen molar-refractivity contribution in [2.24, 2.45) is 0 Å². The van der Waals surface area contributed by atoms with Crippen molar-refractivity contribution in [2.75, 3.05) is 9.80 Å². The number of fused-ring (bicyclic) bond motifs is 9. The molecule has 0 saturated heterocycles. The summed E-state index contributed by atoms with van der Waals surface area (Å²) in [7, 11) is 0. The van der Waals surface area contributed by atoms with Gasteiger partial charge >= 0.3 is 0 Å². The zero-order valence-electron chi connectivity index (χ0n) is 30.2. The third-order valence-electron chi connectivity index (χ3n) is 11.4. The van der Waals surface area contributed by atoms with Gasteiger partial charge in [-0.25, -0.2) is 0 Å². The quantitative estimate of drug-likeness (QED) is 0.159. The highest BCUT2D eigenvalue weighted by atomic mass is 32.1. The van der Waals surface area contributed by atoms with Gasteiger partial charge in [-0.2, -0.15) is 0 Å². The van der Waals surface area contributed by atoms with Crippen molar-refractivity contribution in [1.82, 2.24) is 4.57 Å². The van der Waals surface area contributed by atoms with Gasteiger partial charge in [0.2, 0.25) is 0 Å². The smallest absolute Gasteiger partial charge is 0.256 e. The van der Waals surface area contributed by atoms with Crippen molar-refractivity contribution in [3.05, 3.63) is 194 Å². The number of rotatable bonds is 6. The second-order valence-corrected chi connectivity index (χ2v) is 15.5. The van der Waals surface area contributed by atoms with Gasteiger partial charge in [0.1, 0.15) is 11.5 Å². The van der Waals surface area contributed by atoms with Gasteiger partial charge in [-0.1, -0.05) is 115 Å². The van der Waals surface area contributed by atoms with Gasteiger partial charge in [-0.05, 0) is 89.2 Å². The molecule has 0 spiro atoms. The lowest BCUT2D eigenvalue weighted by Crippen LogP contribution is -2.58. The normalized spacial score (nSPS) is 12.4. The van der Waals surface area contributed by atoms with E-state index < -0.39 is 0 Å². The number of aromatic nitrogens is 1. The fourth-order valence-corrected chi connectivity index (χ4v) is 10.4. The molecule has 0 bridgehead atoms. The van der Waals surface area contributed by atoms with Gasteiger partial charge < -0.3 is 19.1 Å². The molecule has 6 heteroatoms. The summed E-state index contributed by atoms with van der Waals surface area (Å²) in [4.78, 5) is 4.77. The van der Waals surface area contributed by atoms with Crippen LogP contribution in [0.2, 0.25) is 0 Å². The van der Waals surface area contributed by atoms with Crippen LogP contribution in [-0.2, 0) is 0 Å². The molecule has 8 aromatic carbocycles. The molecule has 4 nitrogen and oxygen atoms in total. The van der Waals surface area contributed by atoms with E-state index in [9.17, 15) is 0 Å². The average molecular weight is 734 g/mol. The third kappa shape index (κ3) is 4.54. The molecular formula is C50H32BN3OS. The van der Waals surface area contributed by atoms with E-state index in [2.05, 4.69) is 208 Å². The minimum absolute atomic E-state index is 0.0119. The molecule has 2 aromatic heterocycles. The molecule has 2 aliphatic heterocycles. The first-order valence-electron chi connectivity index (χ1n) is 19.1. The Morgan fingerprint density at radius 3 is 1.70 bits per heavy atom. The van der Waals surface area contributed by atoms with Gasteiger partial charge in [-0.15, -0.1) is 11.3 Å². The molecule has 0 unspecified atom stereocenters. The van der Waals surface area contributed by atoms with Gasteiger partial charge in [0, 0.05) is 50.0 Å². The lowest BCUT2D eigenvalue weighted by atomic mass is 9.34. The Bertz CT molecular complexity index is 3050. The van der Waals surface area contributed by atoms with Crippen molar-refractivity contribution < 1.29 is 4.74 Å². The molecule has 0 fully saturated rings. The van der Waals surface area contributed by atoms with E-state index in [-0.39, 0.29) is 6.71 Å². The van der Waals surface area contributed by atoms with Crippen molar-refractivity contribution in [1.29, 1.82) is 0 Å². The van der Waals surface area contributed by atoms with E-state index in [1.54, 1.807) is 0 Å². The van der Waals surface area contributed by atoms with Crippen LogP contribution in [0.3, 0.4) is 0 Å². The fourth-order valence-electron chi connectivity index (χ4n) is 9.13. The van der Waals surface area contributed by atoms with Crippen LogP contribution in [0.5, 0.6) is 11.5 Å². The van der Waals surface area contributed by atoms with Crippen LogP contribution < -0.4 is 30.9 Å². The summed E-state index contributed by atoms with van der Waals surface area (Å²) in [6.07, 6.45) is 0. The zero-order chi connectivity index (χ0) is 36.7. The summed E-state index contributed by atoms with van der Waals surface area (Å²) in [5.74, 6) is 1.79. The monoisotopic (exact) mass is 733 g/mol. The van der Waals surface area contributed by atoms with Crippen LogP contribution in [-0.4, -0.2) is 11.3 Å². The number of para-hydroxylation sites is 5. The van der Waals surface area contributed by atoms with Crippen LogP contribution in [0.4, 0.5) is 34.1 Å². The first kappa shape index (κ1) is 31.3. The summed E-state index contributed by atoms with van der Waals surface area (Å²) in [5.41, 5.74) is 13.9. The maximum Gasteiger partial charge on any atom is 0.256 e. The molecule has 0 amide bonds. The molecule has 56 heavy (non-hydrogen) atoms. The maximum atomic E-state index is 6.99. The minimum Gasteiger partial charge on any atom is -0.458 e. The van der Waals surface area contributed by atoms with Crippen molar-refractivity contribution in [3.8, 4) is 17.2 Å². The number of anilines is 6. The highest BCUT2D eigenvalue weighted by Crippen LogP contribution is 2.50. The second-order valence-electron chi connectivity index (χ2n) is 14.5. The van der Waals surface area contributed by atoms with E-state index in [1.807, 2.05) is 11.3 Å². The van der Waals surface area contributed by atoms with Crippen LogP contribution in [0.1, 0.15) is 0 Å². The van der Waals surface area contributed by atoms with Crippen molar-refractivity contribution in [3.63, 3.8) is 0 Å². The molecule has 12 rings (SSSR count). The minimum atomic E-state index is -0.0119. The van der Waals surface area contributed by atoms with Gasteiger partial charge in [-0.3, -0.25) is 0 Å². The van der Waals surface area contributed by atoms with Gasteiger partial charge in [0.05, 0.1) is 27.1 Å². The van der Waals surface area contributed by atoms with Crippen molar-refractivity contribution in [2.45, 2.75) is 0 Å². The van der Waals surface area contributed by atoms with Crippen molar-refractivity contribution >= 4 is 99.8 Å². The number of thiophene rings is 1. The van der Waals surface area contributed by atoms with Gasteiger partial charge in [0.25, 0.3) is 6.71 Å². The number of hydrogen-bond donors (Lipinski definition) is 0. The molecule has 0 aliphatic carbocycles. The van der Waals surface area contributed by atoms with E-state index in [1.165, 1.54) is 47.6 Å². The summed E-state index contributed by atoms with van der Waals surface area (Å²) in [6.45, 7) is -0.0119. The van der Waals surface area contributed by atoms with Crippen LogP contribution in [0.15, 0.2) is 194 Å². The molecular weight excluding hydrogens is 701 g/mol. The highest BCUT2D eigenvalue weighted by molar-refractivity contribution is 7.27. The Balaban J connectivity index is 1.24. The predicted octanol–water partition coefficient (Wildman–Crippen LogP) is 11.9. The number of benzene rings is 8. The largest absolute Gasteiger partial charge is 0.458 e. The molecule has 0 saturated carbocycles. The third-order valence-corrected chi connectivity index (χ3v) is 12.6. The average Bonchev–Trinajstić information content (AvgIpc) is 3.80. The first-order valence-corrected chi connectivity index (χ1v) is 19.9. The Morgan fingerprint density at radius 2 is 1.04 bits per heavy atom. The summed E-state index contributed by atoms with van der Waals surface area (Å²) < 4.78 is 12.1. The first-order chi connectivity index (χ1) is 27.8. The topological polar surface area (TPSA) is 20.6 Å². The summed E-state index contributed by atoms with van der Waals surface area (Å²) >= 11 is 1.89. The van der Waals surface area contributed by atoms with E-state index in [0.717, 1.165) is 51.3 Å². The SMILES string of the molecule is c1ccc(N(c2ccccc2)c2cc3c4c(c2)-n2c5c(ccc(N(c6ccccc6)c6ccccc6)c5c5sc6ccccc6c52)B4c2ccccc2O3)cc1. The standard InChI is InChI=1S/C50H32BN3OS/c1-5-17-33(18-6-1)52(34-19-7-2-8-20-34)37-31-42-47-44(32-37)55-43-27-15-14-26-39(43)51(47)40-29-30-41(53(35-21-9-3-10-22-35)36-23-11-4-12-24-36)46-49(40)54(42)48-38-25-13-16-28-45(38)56-50(46)48/h1-32H. The van der Waals surface area contributed by atoms with Gasteiger partial charge in [0.15, 0.2) is 0 Å². The van der Waals surface area contributed by atoms with Crippen LogP contribution in [0, 0.1) is 0 Å². The number of nitrogens with zero attached hydrogens (tertiary/aromatic N) is 3. The Kier molecular flexibility index (Phi) is 6.86. The maximum absolute atomic E-state index is 6.99. The summed E-state index contributed by atoms with van der Waals surface area (Å²) in [6, 6.07) is 69.7. The fraction of sp³-hybridized carbons (Fsp3) is 0. The Labute approximate surface area is 328 Å². The highest BCUT2D eigenvalue weighted by Gasteiger charge is 2.42. The van der Waals surface area contributed by atoms with E-state index in [0.29, 0.717) is 0 Å².